The molecule has 0 atom stereocenters. The highest BCUT2D eigenvalue weighted by molar-refractivity contribution is 6.38. The van der Waals surface area contributed by atoms with Crippen LogP contribution in [0.1, 0.15) is 22.8 Å². The minimum atomic E-state index is -0.396. The fourth-order valence-electron chi connectivity index (χ4n) is 3.31. The molecular formula is C17H17BN3. The Morgan fingerprint density at radius 1 is 0.762 bits per heavy atom. The maximum absolute atomic E-state index is 4.92. The smallest absolute Gasteiger partial charge is 0.317 e. The Kier molecular flexibility index (Phi) is 2.64. The van der Waals surface area contributed by atoms with E-state index in [0.29, 0.717) is 0 Å². The van der Waals surface area contributed by atoms with E-state index in [0.717, 1.165) is 11.4 Å². The van der Waals surface area contributed by atoms with Gasteiger partial charge in [-0.15, -0.1) is 0 Å². The number of hydrogen-bond acceptors (Lipinski definition) is 1. The minimum absolute atomic E-state index is 0.396. The van der Waals surface area contributed by atoms with Crippen molar-refractivity contribution in [2.24, 2.45) is 0 Å². The van der Waals surface area contributed by atoms with E-state index in [-0.39, 0.29) is 0 Å². The Balaban J connectivity index is 1.96. The SMILES string of the molecule is Cc1ccc2n1[BH2-]n1c(C)ccc1C2=[N+]c1ccccc1. The number of hydrogen-bond donors (Lipinski definition) is 0. The van der Waals surface area contributed by atoms with Crippen molar-refractivity contribution in [3.8, 4) is 0 Å². The average Bonchev–Trinajstić information content (AvgIpc) is 3.05. The lowest BCUT2D eigenvalue weighted by Gasteiger charge is -2.27. The van der Waals surface area contributed by atoms with Crippen molar-refractivity contribution in [1.82, 2.24) is 13.9 Å². The molecule has 0 unspecified atom stereocenters. The molecular weight excluding hydrogens is 257 g/mol. The maximum atomic E-state index is 4.92. The van der Waals surface area contributed by atoms with Crippen LogP contribution in [0.25, 0.3) is 0 Å². The third-order valence-corrected chi connectivity index (χ3v) is 4.63. The Hall–Kier alpha value is -2.49. The minimum Gasteiger partial charge on any atom is -0.501 e. The number of aromatic nitrogens is 2. The highest BCUT2D eigenvalue weighted by Gasteiger charge is 2.27. The fourth-order valence-corrected chi connectivity index (χ4v) is 3.31. The van der Waals surface area contributed by atoms with Crippen molar-refractivity contribution in [3.63, 3.8) is 0 Å². The average molecular weight is 274 g/mol. The highest BCUT2D eigenvalue weighted by atomic mass is 15.1. The first-order chi connectivity index (χ1) is 10.2. The summed E-state index contributed by atoms with van der Waals surface area (Å²) in [5.74, 6) is 0. The molecule has 0 saturated carbocycles. The third kappa shape index (κ3) is 1.87. The summed E-state index contributed by atoms with van der Waals surface area (Å²) < 4.78 is 4.89. The molecule has 2 aromatic heterocycles. The van der Waals surface area contributed by atoms with Gasteiger partial charge in [-0.3, -0.25) is 0 Å². The normalized spacial score (nSPS) is 13.0. The monoisotopic (exact) mass is 274 g/mol. The van der Waals surface area contributed by atoms with Crippen molar-refractivity contribution in [1.29, 1.82) is 0 Å². The van der Waals surface area contributed by atoms with Crippen LogP contribution >= 0.6 is 0 Å². The lowest BCUT2D eigenvalue weighted by Crippen LogP contribution is -2.33. The van der Waals surface area contributed by atoms with Crippen molar-refractivity contribution in [3.05, 3.63) is 77.4 Å². The van der Waals surface area contributed by atoms with E-state index in [2.05, 4.69) is 59.2 Å². The van der Waals surface area contributed by atoms with Crippen LogP contribution in [0.3, 0.4) is 0 Å². The van der Waals surface area contributed by atoms with E-state index in [4.69, 9.17) is 4.99 Å². The number of fused-ring (bicyclic) bond motifs is 2. The van der Waals surface area contributed by atoms with Crippen LogP contribution in [-0.4, -0.2) is 22.2 Å². The molecule has 1 aromatic carbocycles. The zero-order chi connectivity index (χ0) is 14.4. The van der Waals surface area contributed by atoms with Gasteiger partial charge in [-0.2, -0.15) is 0 Å². The van der Waals surface area contributed by atoms with Crippen molar-refractivity contribution >= 4 is 18.9 Å². The van der Waals surface area contributed by atoms with E-state index in [1.165, 1.54) is 22.8 Å². The molecule has 0 saturated heterocycles. The van der Waals surface area contributed by atoms with Crippen LogP contribution in [0.4, 0.5) is 5.69 Å². The molecule has 4 heteroatoms. The quantitative estimate of drug-likeness (QED) is 0.475. The van der Waals surface area contributed by atoms with Crippen LogP contribution in [0.5, 0.6) is 0 Å². The van der Waals surface area contributed by atoms with Gasteiger partial charge in [0.2, 0.25) is 0 Å². The van der Waals surface area contributed by atoms with Gasteiger partial charge in [-0.25, -0.2) is 0 Å². The molecule has 0 bridgehead atoms. The third-order valence-electron chi connectivity index (χ3n) is 4.63. The molecule has 0 amide bonds. The largest absolute Gasteiger partial charge is 0.501 e. The van der Waals surface area contributed by atoms with Gasteiger partial charge in [-0.05, 0) is 49.5 Å². The molecule has 1 aliphatic heterocycles. The zero-order valence-corrected chi connectivity index (χ0v) is 12.5. The standard InChI is InChI=1S/C17H17BN3/c1-12-8-10-15-17(19-14-6-4-3-5-7-14)16-11-9-13(2)21(16)18-20(12)15/h3-11H,18H2,1-2H3. The fraction of sp³-hybridized carbons (Fsp3) is 0.118. The Morgan fingerprint density at radius 3 is 1.90 bits per heavy atom. The Labute approximate surface area is 124 Å². The van der Waals surface area contributed by atoms with Gasteiger partial charge in [0.05, 0.1) is 16.4 Å². The molecule has 1 radical (unpaired) electrons. The van der Waals surface area contributed by atoms with Crippen LogP contribution < -0.4 is 4.99 Å². The van der Waals surface area contributed by atoms with E-state index in [1.54, 1.807) is 0 Å². The van der Waals surface area contributed by atoms with Crippen LogP contribution in [0.2, 0.25) is 0 Å². The van der Waals surface area contributed by atoms with E-state index in [1.807, 2.05) is 18.2 Å². The van der Waals surface area contributed by atoms with Crippen molar-refractivity contribution in [2.45, 2.75) is 13.8 Å². The number of rotatable bonds is 1. The first kappa shape index (κ1) is 12.3. The molecule has 103 valence electrons. The molecule has 0 aliphatic carbocycles. The van der Waals surface area contributed by atoms with Crippen LogP contribution in [-0.2, 0) is 0 Å². The second-order valence-electron chi connectivity index (χ2n) is 5.83. The molecule has 3 heterocycles. The second-order valence-corrected chi connectivity index (χ2v) is 5.83. The summed E-state index contributed by atoms with van der Waals surface area (Å²) in [4.78, 5) is 4.92. The molecule has 21 heavy (non-hydrogen) atoms. The van der Waals surface area contributed by atoms with E-state index in [9.17, 15) is 0 Å². The van der Waals surface area contributed by atoms with Gasteiger partial charge in [0.1, 0.15) is 0 Å². The summed E-state index contributed by atoms with van der Waals surface area (Å²) in [7, 11) is -0.396. The summed E-state index contributed by atoms with van der Waals surface area (Å²) in [6.07, 6.45) is 0. The number of aliphatic imine (C=N–C) groups is 1. The molecule has 1 aliphatic rings. The molecule has 3 nitrogen and oxygen atoms in total. The molecule has 0 spiro atoms. The zero-order valence-electron chi connectivity index (χ0n) is 12.5. The van der Waals surface area contributed by atoms with E-state index < -0.39 is 7.55 Å². The first-order valence-corrected chi connectivity index (χ1v) is 7.47. The Morgan fingerprint density at radius 2 is 1.33 bits per heavy atom. The first-order valence-electron chi connectivity index (χ1n) is 7.47. The predicted octanol–water partition coefficient (Wildman–Crippen LogP) is 2.12. The summed E-state index contributed by atoms with van der Waals surface area (Å²) in [6.45, 7) is 4.36. The summed E-state index contributed by atoms with van der Waals surface area (Å²) in [5, 5.41) is 0. The predicted molar refractivity (Wildman–Crippen MR) is 89.1 cm³/mol. The topological polar surface area (TPSA) is 24.0 Å². The van der Waals surface area contributed by atoms with Crippen molar-refractivity contribution in [2.75, 3.05) is 0 Å². The van der Waals surface area contributed by atoms with Crippen LogP contribution in [0.15, 0.2) is 54.6 Å². The van der Waals surface area contributed by atoms with Crippen LogP contribution in [0, 0.1) is 13.8 Å². The number of nitrogens with zero attached hydrogens (tertiary/aromatic N) is 3. The molecule has 0 N–H and O–H groups in total. The molecule has 3 aromatic rings. The van der Waals surface area contributed by atoms with Gasteiger partial charge in [-0.1, -0.05) is 18.2 Å². The summed E-state index contributed by atoms with van der Waals surface area (Å²) in [5.41, 5.74) is 7.24. The lowest BCUT2D eigenvalue weighted by atomic mass is 10.00. The van der Waals surface area contributed by atoms with Gasteiger partial charge >= 0.3 is 5.71 Å². The number of aryl methyl sites for hydroxylation is 2. The summed E-state index contributed by atoms with van der Waals surface area (Å²) >= 11 is 0. The van der Waals surface area contributed by atoms with Gasteiger partial charge in [0.15, 0.2) is 7.55 Å². The Bertz CT molecular complexity index is 792. The molecule has 0 fully saturated rings. The van der Waals surface area contributed by atoms with Crippen molar-refractivity contribution < 1.29 is 0 Å². The summed E-state index contributed by atoms with van der Waals surface area (Å²) in [6, 6.07) is 19.0. The maximum Gasteiger partial charge on any atom is 0.317 e. The van der Waals surface area contributed by atoms with Gasteiger partial charge in [0.25, 0.3) is 5.69 Å². The van der Waals surface area contributed by atoms with Gasteiger partial charge < -0.3 is 8.96 Å². The van der Waals surface area contributed by atoms with E-state index >= 15 is 0 Å². The van der Waals surface area contributed by atoms with Gasteiger partial charge in [0, 0.05) is 12.1 Å². The second kappa shape index (κ2) is 4.52. The highest BCUT2D eigenvalue weighted by Crippen LogP contribution is 2.21. The number of benzene rings is 1. The number of para-hydroxylation sites is 1. The lowest BCUT2D eigenvalue weighted by molar-refractivity contribution is 0.987. The molecule has 4 rings (SSSR count).